The number of piperidine rings is 2. The molecule has 0 radical (unpaired) electrons. The molecule has 34 heteroatoms. The Balaban J connectivity index is 0.000000139. The van der Waals surface area contributed by atoms with Crippen LogP contribution in [0.4, 0.5) is 35.1 Å². The number of likely N-dealkylation sites (tertiary alicyclic amines) is 2. The van der Waals surface area contributed by atoms with E-state index in [0.717, 1.165) is 126 Å². The number of para-hydroxylation sites is 8. The van der Waals surface area contributed by atoms with Crippen molar-refractivity contribution in [2.24, 2.45) is 0 Å². The fourth-order valence-corrected chi connectivity index (χ4v) is 24.2. The predicted molar refractivity (Wildman–Crippen MR) is 534 cm³/mol. The smallest absolute Gasteiger partial charge is 0.320 e. The maximum Gasteiger partial charge on any atom is 0.320 e. The number of esters is 4. The van der Waals surface area contributed by atoms with Gasteiger partial charge in [0.05, 0.1) is 52.6 Å². The normalized spacial score (nSPS) is 15.5. The molecule has 0 bridgehead atoms. The summed E-state index contributed by atoms with van der Waals surface area (Å²) in [5, 5.41) is 38.1. The molecule has 12 aromatic carbocycles. The van der Waals surface area contributed by atoms with Gasteiger partial charge in [-0.3, -0.25) is 38.8 Å². The Hall–Kier alpha value is -12.5. The van der Waals surface area contributed by atoms with Gasteiger partial charge in [0.2, 0.25) is 39.2 Å². The quantitative estimate of drug-likeness (QED) is 0.0239. The standard InChI is InChI=1S/4C18H12O2S.2C10H17F2NO2.2C9H15F2NO3/c4*19-13-9-11-14(12-10-13)21-17-7-3-1-5-15(17)20-16-6-2-4-8-18(16)21;2*1-10(11,12)8-15-9(14)7-13-5-3-2-4-6-13;2*1-9(10,11)7-15-8(13)6-12-2-4-14-5-3-12/h4*1-12H;2*2-8H2,1H3;2*2-7H2,1H3/p+4. The minimum atomic E-state index is -2.96. The number of benzene rings is 12. The van der Waals surface area contributed by atoms with Crippen molar-refractivity contribution in [2.45, 2.75) is 149 Å². The summed E-state index contributed by atoms with van der Waals surface area (Å²) in [4.78, 5) is 66.3. The van der Waals surface area contributed by atoms with E-state index < -0.39 is 74.0 Å². The Morgan fingerprint density at radius 2 is 0.410 bits per heavy atom. The lowest BCUT2D eigenvalue weighted by Gasteiger charge is -2.25. The third kappa shape index (κ3) is 33.8. The highest BCUT2D eigenvalue weighted by Gasteiger charge is 2.44. The van der Waals surface area contributed by atoms with Crippen molar-refractivity contribution < 1.29 is 122 Å². The van der Waals surface area contributed by atoms with E-state index in [1.165, 1.54) is 71.6 Å². The third-order valence-electron chi connectivity index (χ3n) is 22.2. The largest absolute Gasteiger partial charge is 0.508 e. The van der Waals surface area contributed by atoms with E-state index in [1.807, 2.05) is 214 Å². The summed E-state index contributed by atoms with van der Waals surface area (Å²) in [5.41, 5.74) is 0. The van der Waals surface area contributed by atoms with E-state index in [2.05, 4.69) is 67.5 Å². The molecule has 0 atom stereocenters. The van der Waals surface area contributed by atoms with Crippen LogP contribution < -0.4 is 18.9 Å². The fourth-order valence-electron chi connectivity index (χ4n) is 15.4. The summed E-state index contributed by atoms with van der Waals surface area (Å²) in [6, 6.07) is 95.0. The lowest BCUT2D eigenvalue weighted by Crippen LogP contribution is -2.40. The zero-order chi connectivity index (χ0) is 102. The number of morpholine rings is 2. The van der Waals surface area contributed by atoms with Gasteiger partial charge in [-0.15, -0.1) is 0 Å². The van der Waals surface area contributed by atoms with Gasteiger partial charge in [0.15, 0.2) is 92.0 Å². The molecule has 0 spiro atoms. The van der Waals surface area contributed by atoms with Crippen LogP contribution in [0.3, 0.4) is 0 Å². The molecule has 4 N–H and O–H groups in total. The lowest BCUT2D eigenvalue weighted by molar-refractivity contribution is -0.156. The molecule has 8 heterocycles. The first-order valence-corrected chi connectivity index (χ1v) is 51.9. The number of carbonyl (C=O) groups excluding carboxylic acids is 4. The number of aromatic hydroxyl groups is 4. The van der Waals surface area contributed by atoms with Crippen molar-refractivity contribution in [3.63, 3.8) is 0 Å². The number of fused-ring (bicyclic) bond motifs is 8. The zero-order valence-corrected chi connectivity index (χ0v) is 83.3. The number of phenols is 4. The zero-order valence-electron chi connectivity index (χ0n) is 80.0. The second kappa shape index (κ2) is 52.9. The molecule has 0 aromatic heterocycles. The molecule has 8 aliphatic rings. The molecule has 144 heavy (non-hydrogen) atoms. The minimum Gasteiger partial charge on any atom is -0.508 e. The second-order valence-electron chi connectivity index (χ2n) is 34.6. The van der Waals surface area contributed by atoms with Crippen LogP contribution in [0.1, 0.15) is 66.2 Å². The molecular formula is C110H116F8N4O18S4+4. The third-order valence-corrected chi connectivity index (χ3v) is 31.4. The van der Waals surface area contributed by atoms with Gasteiger partial charge in [0.25, 0.3) is 23.7 Å². The number of ether oxygens (including phenoxy) is 10. The van der Waals surface area contributed by atoms with Crippen LogP contribution in [0.2, 0.25) is 0 Å². The second-order valence-corrected chi connectivity index (χ2v) is 42.4. The van der Waals surface area contributed by atoms with Gasteiger partial charge in [-0.05, 0) is 246 Å². The van der Waals surface area contributed by atoms with Gasteiger partial charge in [-0.2, -0.15) is 0 Å². The number of phenolic OH excluding ortho intramolecular Hbond substituents is 4. The molecule has 20 rings (SSSR count). The Bertz CT molecular complexity index is 5200. The number of rotatable bonds is 20. The Labute approximate surface area is 844 Å². The molecule has 12 aromatic rings. The van der Waals surface area contributed by atoms with Crippen LogP contribution in [-0.4, -0.2) is 219 Å². The van der Waals surface area contributed by atoms with Crippen LogP contribution in [0.15, 0.2) is 350 Å². The van der Waals surface area contributed by atoms with Gasteiger partial charge in [-0.25, -0.2) is 35.1 Å². The van der Waals surface area contributed by atoms with Crippen molar-refractivity contribution in [3.05, 3.63) is 291 Å². The Kier molecular flexibility index (Phi) is 39.9. The lowest BCUT2D eigenvalue weighted by atomic mass is 10.1. The van der Waals surface area contributed by atoms with E-state index in [1.54, 1.807) is 48.5 Å². The van der Waals surface area contributed by atoms with E-state index in [-0.39, 0.29) is 92.8 Å². The van der Waals surface area contributed by atoms with E-state index in [0.29, 0.717) is 52.6 Å². The highest BCUT2D eigenvalue weighted by atomic mass is 32.2. The van der Waals surface area contributed by atoms with Crippen LogP contribution in [0.25, 0.3) is 0 Å². The van der Waals surface area contributed by atoms with Crippen molar-refractivity contribution in [2.75, 3.05) is 131 Å². The monoisotopic (exact) mass is 2060 g/mol. The molecule has 22 nitrogen and oxygen atoms in total. The van der Waals surface area contributed by atoms with Crippen LogP contribution in [0, 0.1) is 0 Å². The number of alkyl halides is 8. The highest BCUT2D eigenvalue weighted by molar-refractivity contribution is 7.98. The topological polar surface area (TPSA) is 254 Å². The van der Waals surface area contributed by atoms with Crippen molar-refractivity contribution in [3.8, 4) is 69.0 Å². The predicted octanol–water partition coefficient (Wildman–Crippen LogP) is 22.7. The van der Waals surface area contributed by atoms with Crippen LogP contribution >= 0.6 is 0 Å². The number of hydrogen-bond acceptors (Lipinski definition) is 22. The molecule has 4 fully saturated rings. The van der Waals surface area contributed by atoms with Crippen LogP contribution in [-0.2, 0) is 91.2 Å². The van der Waals surface area contributed by atoms with Gasteiger partial charge in [-0.1, -0.05) is 110 Å². The molecule has 8 aliphatic heterocycles. The summed E-state index contributed by atoms with van der Waals surface area (Å²) in [5.74, 6) is -5.69. The average molecular weight is 2060 g/mol. The number of nitrogens with zero attached hydrogens (tertiary/aromatic N) is 4. The summed E-state index contributed by atoms with van der Waals surface area (Å²) >= 11 is 0. The minimum absolute atomic E-state index is 0.0550. The number of carbonyl (C=O) groups is 4. The van der Waals surface area contributed by atoms with Gasteiger partial charge in [0, 0.05) is 53.9 Å². The molecular weight excluding hydrogens is 1950 g/mol. The fraction of sp³-hybridized carbons (Fsp3) is 0.309. The first-order chi connectivity index (χ1) is 69.2. The molecule has 0 amide bonds. The highest BCUT2D eigenvalue weighted by Crippen LogP contribution is 2.52. The Morgan fingerprint density at radius 1 is 0.250 bits per heavy atom. The molecule has 0 aliphatic carbocycles. The van der Waals surface area contributed by atoms with E-state index in [4.69, 9.17) is 28.4 Å². The first-order valence-electron chi connectivity index (χ1n) is 47.0. The van der Waals surface area contributed by atoms with Crippen LogP contribution in [0.5, 0.6) is 69.0 Å². The van der Waals surface area contributed by atoms with Crippen molar-refractivity contribution >= 4 is 67.5 Å². The molecule has 4 saturated heterocycles. The number of hydrogen-bond donors (Lipinski definition) is 4. The van der Waals surface area contributed by atoms with Crippen molar-refractivity contribution in [1.82, 2.24) is 19.6 Å². The maximum absolute atomic E-state index is 12.4. The van der Waals surface area contributed by atoms with Gasteiger partial charge in [0.1, 0.15) is 66.6 Å². The summed E-state index contributed by atoms with van der Waals surface area (Å²) in [7, 11) is -0.809. The summed E-state index contributed by atoms with van der Waals surface area (Å²) < 4.78 is 151. The SMILES string of the molecule is CC(F)(F)COC(=O)CN1CCCCC1.CC(F)(F)COC(=O)CN1CCCCC1.CC(F)(F)COC(=O)CN1CCOCC1.CC(F)(F)COC(=O)CN1CCOCC1.Oc1ccc([S+]2c3ccccc3Oc3ccccc32)cc1.Oc1ccc([S+]2c3ccccc3Oc3ccccc32)cc1.Oc1ccc([S+]2c3ccccc3Oc3ccccc32)cc1.Oc1ccc([S+]2c3ccccc3Oc3ccccc32)cc1. The average Bonchev–Trinajstić information content (AvgIpc) is 0.775. The van der Waals surface area contributed by atoms with E-state index in [9.17, 15) is 74.7 Å². The first kappa shape index (κ1) is 109. The molecule has 760 valence electrons. The maximum atomic E-state index is 12.4. The molecule has 0 saturated carbocycles. The van der Waals surface area contributed by atoms with Crippen molar-refractivity contribution in [1.29, 1.82) is 0 Å². The Morgan fingerprint density at radius 3 is 0.576 bits per heavy atom. The summed E-state index contributed by atoms with van der Waals surface area (Å²) in [6.45, 7) is 8.20. The summed E-state index contributed by atoms with van der Waals surface area (Å²) in [6.07, 6.45) is 6.63. The molecule has 0 unspecified atom stereocenters. The van der Waals surface area contributed by atoms with E-state index >= 15 is 0 Å². The van der Waals surface area contributed by atoms with Gasteiger partial charge >= 0.3 is 23.9 Å². The van der Waals surface area contributed by atoms with Gasteiger partial charge < -0.3 is 67.8 Å². The number of halogens is 8.